The van der Waals surface area contributed by atoms with Gasteiger partial charge < -0.3 is 10.2 Å². The van der Waals surface area contributed by atoms with Crippen LogP contribution >= 0.6 is 11.6 Å². The van der Waals surface area contributed by atoms with Gasteiger partial charge in [-0.05, 0) is 24.8 Å². The fraction of sp³-hybridized carbons (Fsp3) is 0.538. The van der Waals surface area contributed by atoms with Gasteiger partial charge in [-0.25, -0.2) is 4.98 Å². The predicted molar refractivity (Wildman–Crippen MR) is 76.3 cm³/mol. The van der Waals surface area contributed by atoms with Crippen molar-refractivity contribution >= 4 is 23.2 Å². The first-order valence-corrected chi connectivity index (χ1v) is 7.27. The van der Waals surface area contributed by atoms with Crippen LogP contribution in [0.25, 0.3) is 0 Å². The number of piperidine rings is 1. The Balaban J connectivity index is 1.94. The molecule has 1 aromatic heterocycles. The average Bonchev–Trinajstić information content (AvgIpc) is 2.94. The second-order valence-corrected chi connectivity index (χ2v) is 5.79. The van der Waals surface area contributed by atoms with E-state index in [9.17, 15) is 14.9 Å². The molecule has 0 bridgehead atoms. The molecule has 3 rings (SSSR count). The molecule has 1 aromatic rings. The number of carbonyl (C=O) groups is 1. The summed E-state index contributed by atoms with van der Waals surface area (Å²) in [5.74, 6) is 0.100. The van der Waals surface area contributed by atoms with Crippen LogP contribution in [0.5, 0.6) is 0 Å². The maximum Gasteiger partial charge on any atom is 0.300 e. The molecule has 0 aromatic carbocycles. The van der Waals surface area contributed by atoms with Crippen molar-refractivity contribution in [1.29, 1.82) is 0 Å². The lowest BCUT2D eigenvalue weighted by Crippen LogP contribution is -2.48. The minimum Gasteiger partial charge on any atom is -0.334 e. The number of pyridine rings is 1. The Bertz CT molecular complexity index is 595. The number of nitrogens with zero attached hydrogens (tertiary/aromatic N) is 3. The van der Waals surface area contributed by atoms with E-state index in [0.717, 1.165) is 32.1 Å². The normalized spacial score (nSPS) is 24.7. The standard InChI is InChI=1S/C13H15ClN4O3/c14-12-4-9(11(7-16-12)18(20)21)13(19)17-3-1-2-8-5-15-6-10(8)17/h4,7-8,10,15H,1-3,5-6H2. The second-order valence-electron chi connectivity index (χ2n) is 5.41. The monoisotopic (exact) mass is 310 g/mol. The van der Waals surface area contributed by atoms with Crippen LogP contribution in [-0.2, 0) is 0 Å². The summed E-state index contributed by atoms with van der Waals surface area (Å²) in [6.45, 7) is 2.26. The molecule has 0 saturated carbocycles. The van der Waals surface area contributed by atoms with Gasteiger partial charge in [0.2, 0.25) is 0 Å². The number of amides is 1. The lowest BCUT2D eigenvalue weighted by atomic mass is 9.91. The van der Waals surface area contributed by atoms with Crippen molar-refractivity contribution in [3.63, 3.8) is 0 Å². The number of hydrogen-bond acceptors (Lipinski definition) is 5. The molecule has 2 fully saturated rings. The summed E-state index contributed by atoms with van der Waals surface area (Å²) in [5, 5.41) is 14.5. The summed E-state index contributed by atoms with van der Waals surface area (Å²) < 4.78 is 0. The highest BCUT2D eigenvalue weighted by atomic mass is 35.5. The van der Waals surface area contributed by atoms with Crippen molar-refractivity contribution in [2.75, 3.05) is 19.6 Å². The molecule has 3 heterocycles. The van der Waals surface area contributed by atoms with Crippen molar-refractivity contribution in [3.05, 3.63) is 33.1 Å². The molecule has 1 N–H and O–H groups in total. The van der Waals surface area contributed by atoms with Crippen LogP contribution in [0.3, 0.4) is 0 Å². The quantitative estimate of drug-likeness (QED) is 0.507. The minimum absolute atomic E-state index is 0.0209. The summed E-state index contributed by atoms with van der Waals surface area (Å²) in [7, 11) is 0. The van der Waals surface area contributed by atoms with Crippen LogP contribution in [0.4, 0.5) is 5.69 Å². The predicted octanol–water partition coefficient (Wildman–Crippen LogP) is 1.47. The summed E-state index contributed by atoms with van der Waals surface area (Å²) >= 11 is 5.80. The molecule has 0 radical (unpaired) electrons. The van der Waals surface area contributed by atoms with Crippen LogP contribution < -0.4 is 5.32 Å². The Hall–Kier alpha value is -1.73. The van der Waals surface area contributed by atoms with Gasteiger partial charge in [0.15, 0.2) is 0 Å². The third-order valence-corrected chi connectivity index (χ3v) is 4.42. The van der Waals surface area contributed by atoms with Crippen LogP contribution in [0.1, 0.15) is 23.2 Å². The minimum atomic E-state index is -0.592. The van der Waals surface area contributed by atoms with E-state index in [1.807, 2.05) is 0 Å². The summed E-state index contributed by atoms with van der Waals surface area (Å²) in [4.78, 5) is 28.7. The Morgan fingerprint density at radius 2 is 2.33 bits per heavy atom. The van der Waals surface area contributed by atoms with Crippen LogP contribution in [0.15, 0.2) is 12.3 Å². The molecular formula is C13H15ClN4O3. The highest BCUT2D eigenvalue weighted by molar-refractivity contribution is 6.29. The highest BCUT2D eigenvalue weighted by Crippen LogP contribution is 2.30. The Kier molecular flexibility index (Phi) is 3.77. The Labute approximate surface area is 126 Å². The van der Waals surface area contributed by atoms with Gasteiger partial charge in [-0.1, -0.05) is 11.6 Å². The molecular weight excluding hydrogens is 296 g/mol. The fourth-order valence-electron chi connectivity index (χ4n) is 3.21. The number of halogens is 1. The van der Waals surface area contributed by atoms with Gasteiger partial charge >= 0.3 is 0 Å². The maximum atomic E-state index is 12.7. The lowest BCUT2D eigenvalue weighted by Gasteiger charge is -2.37. The molecule has 2 atom stereocenters. The molecule has 21 heavy (non-hydrogen) atoms. The summed E-state index contributed by atoms with van der Waals surface area (Å²) in [5.41, 5.74) is -0.273. The number of likely N-dealkylation sites (tertiary alicyclic amines) is 1. The van der Waals surface area contributed by atoms with E-state index in [-0.39, 0.29) is 28.4 Å². The van der Waals surface area contributed by atoms with E-state index in [4.69, 9.17) is 11.6 Å². The lowest BCUT2D eigenvalue weighted by molar-refractivity contribution is -0.385. The Morgan fingerprint density at radius 1 is 1.52 bits per heavy atom. The SMILES string of the molecule is O=C(c1cc(Cl)ncc1[N+](=O)[O-])N1CCCC2CNCC21. The van der Waals surface area contributed by atoms with Crippen LogP contribution in [0.2, 0.25) is 5.15 Å². The zero-order valence-corrected chi connectivity index (χ0v) is 12.0. The number of hydrogen-bond donors (Lipinski definition) is 1. The van der Waals surface area contributed by atoms with Crippen molar-refractivity contribution in [3.8, 4) is 0 Å². The first-order chi connectivity index (χ1) is 10.1. The van der Waals surface area contributed by atoms with Crippen molar-refractivity contribution < 1.29 is 9.72 Å². The first-order valence-electron chi connectivity index (χ1n) is 6.89. The van der Waals surface area contributed by atoms with Gasteiger partial charge in [0.25, 0.3) is 11.6 Å². The summed E-state index contributed by atoms with van der Waals surface area (Å²) in [6, 6.07) is 1.39. The van der Waals surface area contributed by atoms with E-state index < -0.39 is 4.92 Å². The molecule has 2 aliphatic rings. The van der Waals surface area contributed by atoms with Gasteiger partial charge in [0, 0.05) is 25.7 Å². The highest BCUT2D eigenvalue weighted by Gasteiger charge is 2.39. The molecule has 2 unspecified atom stereocenters. The Morgan fingerprint density at radius 3 is 3.10 bits per heavy atom. The van der Waals surface area contributed by atoms with Gasteiger partial charge in [0.05, 0.1) is 4.92 Å². The first kappa shape index (κ1) is 14.2. The number of fused-ring (bicyclic) bond motifs is 1. The molecule has 0 aliphatic carbocycles. The van der Waals surface area contributed by atoms with Gasteiger partial charge in [-0.15, -0.1) is 0 Å². The zero-order chi connectivity index (χ0) is 15.0. The smallest absolute Gasteiger partial charge is 0.300 e. The molecule has 2 aliphatic heterocycles. The molecule has 2 saturated heterocycles. The maximum absolute atomic E-state index is 12.7. The van der Waals surface area contributed by atoms with Gasteiger partial charge in [-0.2, -0.15) is 0 Å². The largest absolute Gasteiger partial charge is 0.334 e. The van der Waals surface area contributed by atoms with E-state index in [0.29, 0.717) is 12.5 Å². The number of rotatable bonds is 2. The van der Waals surface area contributed by atoms with E-state index in [1.165, 1.54) is 6.07 Å². The van der Waals surface area contributed by atoms with Gasteiger partial charge in [-0.3, -0.25) is 14.9 Å². The molecule has 0 spiro atoms. The molecule has 112 valence electrons. The zero-order valence-electron chi connectivity index (χ0n) is 11.3. The molecule has 1 amide bonds. The van der Waals surface area contributed by atoms with Gasteiger partial charge in [0.1, 0.15) is 16.9 Å². The average molecular weight is 311 g/mol. The number of nitrogens with one attached hydrogen (secondary N) is 1. The summed E-state index contributed by atoms with van der Waals surface area (Å²) in [6.07, 6.45) is 3.05. The van der Waals surface area contributed by atoms with Crippen molar-refractivity contribution in [2.45, 2.75) is 18.9 Å². The number of aromatic nitrogens is 1. The van der Waals surface area contributed by atoms with Crippen LogP contribution in [-0.4, -0.2) is 46.4 Å². The third kappa shape index (κ3) is 2.58. The van der Waals surface area contributed by atoms with Crippen molar-refractivity contribution in [2.24, 2.45) is 5.92 Å². The van der Waals surface area contributed by atoms with E-state index >= 15 is 0 Å². The fourth-order valence-corrected chi connectivity index (χ4v) is 3.37. The number of carbonyl (C=O) groups excluding carboxylic acids is 1. The molecule has 7 nitrogen and oxygen atoms in total. The van der Waals surface area contributed by atoms with E-state index in [1.54, 1.807) is 4.90 Å². The van der Waals surface area contributed by atoms with Crippen molar-refractivity contribution in [1.82, 2.24) is 15.2 Å². The van der Waals surface area contributed by atoms with Crippen LogP contribution in [0, 0.1) is 16.0 Å². The second kappa shape index (κ2) is 5.57. The van der Waals surface area contributed by atoms with E-state index in [2.05, 4.69) is 10.3 Å². The third-order valence-electron chi connectivity index (χ3n) is 4.22. The number of nitro groups is 1. The molecule has 8 heteroatoms. The topological polar surface area (TPSA) is 88.4 Å².